The Labute approximate surface area is 173 Å². The smallest absolute Gasteiger partial charge is 0.262 e. The Morgan fingerprint density at radius 1 is 0.933 bits per heavy atom. The summed E-state index contributed by atoms with van der Waals surface area (Å²) in [7, 11) is -2.32. The van der Waals surface area contributed by atoms with Crippen LogP contribution < -0.4 is 19.5 Å². The summed E-state index contributed by atoms with van der Waals surface area (Å²) < 4.78 is 50.7. The highest BCUT2D eigenvalue weighted by molar-refractivity contribution is 7.92. The molecule has 0 saturated carbocycles. The first-order valence-electron chi connectivity index (χ1n) is 8.81. The Morgan fingerprint density at radius 3 is 2.30 bits per heavy atom. The summed E-state index contributed by atoms with van der Waals surface area (Å²) in [6.45, 7) is -0.275. The Morgan fingerprint density at radius 2 is 1.63 bits per heavy atom. The lowest BCUT2D eigenvalue weighted by Crippen LogP contribution is -2.20. The third kappa shape index (κ3) is 5.71. The molecule has 0 aliphatic heterocycles. The monoisotopic (exact) mass is 430 g/mol. The molecule has 3 aromatic rings. The molecule has 0 aliphatic carbocycles. The first-order chi connectivity index (χ1) is 14.4. The molecule has 3 rings (SSSR count). The maximum Gasteiger partial charge on any atom is 0.262 e. The van der Waals surface area contributed by atoms with Gasteiger partial charge in [-0.2, -0.15) is 0 Å². The number of nitrogens with one attached hydrogen (secondary N) is 2. The number of carbonyl (C=O) groups is 1. The number of benzene rings is 3. The highest BCUT2D eigenvalue weighted by Gasteiger charge is 2.15. The first-order valence-corrected chi connectivity index (χ1v) is 10.3. The predicted octanol–water partition coefficient (Wildman–Crippen LogP) is 3.65. The minimum atomic E-state index is -3.81. The maximum absolute atomic E-state index is 12.9. The van der Waals surface area contributed by atoms with Crippen molar-refractivity contribution < 1.29 is 27.1 Å². The molecular formula is C21H19FN2O5S. The van der Waals surface area contributed by atoms with Gasteiger partial charge >= 0.3 is 0 Å². The number of hydrogen-bond acceptors (Lipinski definition) is 5. The molecule has 156 valence electrons. The van der Waals surface area contributed by atoms with E-state index in [-0.39, 0.29) is 11.5 Å². The van der Waals surface area contributed by atoms with Crippen LogP contribution in [0.3, 0.4) is 0 Å². The van der Waals surface area contributed by atoms with Crippen molar-refractivity contribution in [3.63, 3.8) is 0 Å². The summed E-state index contributed by atoms with van der Waals surface area (Å²) in [5.74, 6) is 0.0416. The molecule has 3 aromatic carbocycles. The molecule has 7 nitrogen and oxygen atoms in total. The SMILES string of the molecule is COc1cccc(NS(=O)(=O)c2ccc(NC(=O)COc3ccc(F)cc3)cc2)c1. The Balaban J connectivity index is 1.59. The highest BCUT2D eigenvalue weighted by atomic mass is 32.2. The number of carbonyl (C=O) groups excluding carboxylic acids is 1. The number of sulfonamides is 1. The fourth-order valence-corrected chi connectivity index (χ4v) is 3.54. The third-order valence-corrected chi connectivity index (χ3v) is 5.35. The number of anilines is 2. The third-order valence-electron chi connectivity index (χ3n) is 3.95. The molecule has 0 bridgehead atoms. The van der Waals surface area contributed by atoms with E-state index in [0.717, 1.165) is 0 Å². The molecule has 0 aliphatic rings. The van der Waals surface area contributed by atoms with Crippen molar-refractivity contribution in [3.05, 3.63) is 78.6 Å². The van der Waals surface area contributed by atoms with Gasteiger partial charge in [0.25, 0.3) is 15.9 Å². The summed E-state index contributed by atoms with van der Waals surface area (Å²) in [5.41, 5.74) is 0.771. The van der Waals surface area contributed by atoms with Crippen LogP contribution in [0.5, 0.6) is 11.5 Å². The first kappa shape index (κ1) is 21.1. The van der Waals surface area contributed by atoms with E-state index in [0.29, 0.717) is 22.9 Å². The zero-order chi connectivity index (χ0) is 21.6. The van der Waals surface area contributed by atoms with E-state index in [9.17, 15) is 17.6 Å². The van der Waals surface area contributed by atoms with Crippen molar-refractivity contribution in [2.24, 2.45) is 0 Å². The molecule has 1 amide bonds. The Hall–Kier alpha value is -3.59. The van der Waals surface area contributed by atoms with Gasteiger partial charge < -0.3 is 14.8 Å². The van der Waals surface area contributed by atoms with E-state index in [1.807, 2.05) is 0 Å². The molecule has 2 N–H and O–H groups in total. The molecule has 9 heteroatoms. The lowest BCUT2D eigenvalue weighted by molar-refractivity contribution is -0.118. The van der Waals surface area contributed by atoms with Gasteiger partial charge in [0.15, 0.2) is 6.61 Å². The minimum absolute atomic E-state index is 0.0332. The molecule has 0 radical (unpaired) electrons. The van der Waals surface area contributed by atoms with Crippen molar-refractivity contribution in [1.29, 1.82) is 0 Å². The maximum atomic E-state index is 12.9. The van der Waals surface area contributed by atoms with Crippen molar-refractivity contribution in [2.45, 2.75) is 4.90 Å². The fraction of sp³-hybridized carbons (Fsp3) is 0.0952. The molecule has 0 heterocycles. The number of halogens is 1. The summed E-state index contributed by atoms with van der Waals surface area (Å²) in [4.78, 5) is 12.0. The lowest BCUT2D eigenvalue weighted by Gasteiger charge is -2.11. The number of hydrogen-bond donors (Lipinski definition) is 2. The van der Waals surface area contributed by atoms with Crippen LogP contribution in [0.25, 0.3) is 0 Å². The molecule has 0 aromatic heterocycles. The summed E-state index contributed by atoms with van der Waals surface area (Å²) in [6.07, 6.45) is 0. The van der Waals surface area contributed by atoms with Crippen molar-refractivity contribution in [1.82, 2.24) is 0 Å². The van der Waals surface area contributed by atoms with E-state index in [1.165, 1.54) is 55.6 Å². The second-order valence-electron chi connectivity index (χ2n) is 6.15. The normalized spacial score (nSPS) is 10.9. The van der Waals surface area contributed by atoms with Gasteiger partial charge in [0.2, 0.25) is 0 Å². The van der Waals surface area contributed by atoms with Crippen LogP contribution in [-0.4, -0.2) is 28.0 Å². The molecule has 0 atom stereocenters. The second-order valence-corrected chi connectivity index (χ2v) is 7.84. The van der Waals surface area contributed by atoms with E-state index < -0.39 is 21.7 Å². The molecule has 0 saturated heterocycles. The number of rotatable bonds is 8. The molecule has 0 unspecified atom stereocenters. The standard InChI is InChI=1S/C21H19FN2O5S/c1-28-19-4-2-3-17(13-19)24-30(26,27)20-11-7-16(8-12-20)23-21(25)14-29-18-9-5-15(22)6-10-18/h2-13,24H,14H2,1H3,(H,23,25). The fourth-order valence-electron chi connectivity index (χ4n) is 2.49. The van der Waals surface area contributed by atoms with Gasteiger partial charge in [-0.05, 0) is 60.7 Å². The van der Waals surface area contributed by atoms with Crippen LogP contribution in [0.2, 0.25) is 0 Å². The van der Waals surface area contributed by atoms with Crippen LogP contribution in [0.1, 0.15) is 0 Å². The molecular weight excluding hydrogens is 411 g/mol. The quantitative estimate of drug-likeness (QED) is 0.569. The van der Waals surface area contributed by atoms with Crippen LogP contribution in [0.15, 0.2) is 77.7 Å². The van der Waals surface area contributed by atoms with E-state index in [2.05, 4.69) is 10.0 Å². The van der Waals surface area contributed by atoms with Gasteiger partial charge in [0, 0.05) is 11.8 Å². The molecule has 30 heavy (non-hydrogen) atoms. The average Bonchev–Trinajstić information content (AvgIpc) is 2.73. The van der Waals surface area contributed by atoms with Gasteiger partial charge in [-0.3, -0.25) is 9.52 Å². The highest BCUT2D eigenvalue weighted by Crippen LogP contribution is 2.21. The van der Waals surface area contributed by atoms with Gasteiger partial charge in [0.1, 0.15) is 17.3 Å². The van der Waals surface area contributed by atoms with E-state index in [4.69, 9.17) is 9.47 Å². The van der Waals surface area contributed by atoms with Crippen LogP contribution in [0.4, 0.5) is 15.8 Å². The van der Waals surface area contributed by atoms with E-state index in [1.54, 1.807) is 24.3 Å². The predicted molar refractivity (Wildman–Crippen MR) is 111 cm³/mol. The van der Waals surface area contributed by atoms with Gasteiger partial charge in [-0.1, -0.05) is 6.07 Å². The van der Waals surface area contributed by atoms with Gasteiger partial charge in [0.05, 0.1) is 17.7 Å². The molecule has 0 spiro atoms. The lowest BCUT2D eigenvalue weighted by atomic mass is 10.3. The number of methoxy groups -OCH3 is 1. The van der Waals surface area contributed by atoms with Gasteiger partial charge in [-0.25, -0.2) is 12.8 Å². The minimum Gasteiger partial charge on any atom is -0.497 e. The zero-order valence-corrected chi connectivity index (χ0v) is 16.8. The molecule has 0 fully saturated rings. The average molecular weight is 430 g/mol. The second kappa shape index (κ2) is 9.27. The van der Waals surface area contributed by atoms with E-state index >= 15 is 0 Å². The number of amides is 1. The summed E-state index contributed by atoms with van der Waals surface area (Å²) >= 11 is 0. The Kier molecular flexibility index (Phi) is 6.53. The number of ether oxygens (including phenoxy) is 2. The largest absolute Gasteiger partial charge is 0.497 e. The zero-order valence-electron chi connectivity index (χ0n) is 16.0. The van der Waals surface area contributed by atoms with Crippen LogP contribution in [0, 0.1) is 5.82 Å². The van der Waals surface area contributed by atoms with Crippen molar-refractivity contribution in [2.75, 3.05) is 23.8 Å². The van der Waals surface area contributed by atoms with Crippen LogP contribution >= 0.6 is 0 Å². The van der Waals surface area contributed by atoms with Gasteiger partial charge in [-0.15, -0.1) is 0 Å². The van der Waals surface area contributed by atoms with Crippen LogP contribution in [-0.2, 0) is 14.8 Å². The Bertz CT molecular complexity index is 1120. The van der Waals surface area contributed by atoms with Crippen molar-refractivity contribution in [3.8, 4) is 11.5 Å². The topological polar surface area (TPSA) is 93.7 Å². The summed E-state index contributed by atoms with van der Waals surface area (Å²) in [5, 5.41) is 2.60. The summed E-state index contributed by atoms with van der Waals surface area (Å²) in [6, 6.07) is 17.5. The van der Waals surface area contributed by atoms with Crippen molar-refractivity contribution >= 4 is 27.3 Å².